The molecule has 1 aromatic heterocycles. The summed E-state index contributed by atoms with van der Waals surface area (Å²) in [6.45, 7) is 0.145. The number of hydrogen-bond acceptors (Lipinski definition) is 5. The van der Waals surface area contributed by atoms with Gasteiger partial charge in [-0.15, -0.1) is 0 Å². The first-order valence-electron chi connectivity index (χ1n) is 9.49. The van der Waals surface area contributed by atoms with Gasteiger partial charge in [0.25, 0.3) is 15.9 Å². The first-order chi connectivity index (χ1) is 15.7. The second kappa shape index (κ2) is 9.80. The van der Waals surface area contributed by atoms with Gasteiger partial charge in [0.15, 0.2) is 0 Å². The maximum Gasteiger partial charge on any atom is 0.264 e. The van der Waals surface area contributed by atoms with Gasteiger partial charge >= 0.3 is 0 Å². The first kappa shape index (κ1) is 23.7. The molecule has 2 N–H and O–H groups in total. The summed E-state index contributed by atoms with van der Waals surface area (Å²) >= 11 is 14.1. The van der Waals surface area contributed by atoms with Crippen LogP contribution in [0.4, 0.5) is 5.69 Å². The maximum absolute atomic E-state index is 13.2. The number of nitrogens with one attached hydrogen (secondary N) is 2. The minimum absolute atomic E-state index is 0.0359. The number of aromatic nitrogens is 2. The number of carbonyl (C=O) groups is 1. The summed E-state index contributed by atoms with van der Waals surface area (Å²) in [5.41, 5.74) is 1.66. The first-order valence-corrected chi connectivity index (χ1v) is 12.8. The molecule has 0 aliphatic heterocycles. The molecule has 3 aromatic carbocycles. The quantitative estimate of drug-likeness (QED) is 0.289. The summed E-state index contributed by atoms with van der Waals surface area (Å²) in [7, 11) is -4.06. The Balaban J connectivity index is 1.63. The van der Waals surface area contributed by atoms with E-state index < -0.39 is 15.9 Å². The van der Waals surface area contributed by atoms with Crippen LogP contribution in [0.5, 0.6) is 0 Å². The highest BCUT2D eigenvalue weighted by atomic mass is 127. The number of fused-ring (bicyclic) bond motifs is 1. The van der Waals surface area contributed by atoms with Crippen molar-refractivity contribution in [3.63, 3.8) is 0 Å². The number of nitrogens with zero attached hydrogens (tertiary/aromatic N) is 2. The summed E-state index contributed by atoms with van der Waals surface area (Å²) in [6, 6.07) is 14.5. The van der Waals surface area contributed by atoms with Crippen molar-refractivity contribution >= 4 is 78.4 Å². The molecule has 0 spiro atoms. The Morgan fingerprint density at radius 3 is 2.58 bits per heavy atom. The molecular formula is C22H15Cl2IN4O3S. The van der Waals surface area contributed by atoms with E-state index >= 15 is 0 Å². The fraction of sp³-hybridized carbons (Fsp3) is 0.0455. The van der Waals surface area contributed by atoms with Gasteiger partial charge in [0.05, 0.1) is 16.8 Å². The molecule has 0 aliphatic carbocycles. The number of amides is 1. The van der Waals surface area contributed by atoms with Crippen molar-refractivity contribution in [2.24, 2.45) is 0 Å². The van der Waals surface area contributed by atoms with Crippen LogP contribution in [0.3, 0.4) is 0 Å². The standard InChI is InChI=1S/C22H15Cl2IN4O3S/c23-14-5-4-13(17(24)10-14)12-28-22(30)16-7-6-15(25)11-19(16)29-33(31,32)20-3-1-2-18-21(20)27-9-8-26-18/h1-11,29H,12H2,(H,28,30). The molecule has 0 radical (unpaired) electrons. The zero-order valence-corrected chi connectivity index (χ0v) is 21.2. The molecule has 1 heterocycles. The smallest absolute Gasteiger partial charge is 0.264 e. The van der Waals surface area contributed by atoms with Gasteiger partial charge in [0, 0.05) is 32.6 Å². The Hall–Kier alpha value is -2.47. The molecule has 4 aromatic rings. The van der Waals surface area contributed by atoms with Crippen molar-refractivity contribution in [2.75, 3.05) is 4.72 Å². The molecule has 7 nitrogen and oxygen atoms in total. The Labute approximate surface area is 213 Å². The van der Waals surface area contributed by atoms with Crippen molar-refractivity contribution in [3.05, 3.63) is 91.7 Å². The van der Waals surface area contributed by atoms with Crippen molar-refractivity contribution in [2.45, 2.75) is 11.4 Å². The van der Waals surface area contributed by atoms with Crippen LogP contribution in [-0.4, -0.2) is 24.3 Å². The van der Waals surface area contributed by atoms with E-state index in [4.69, 9.17) is 23.2 Å². The Kier molecular flexibility index (Phi) is 7.03. The largest absolute Gasteiger partial charge is 0.348 e. The van der Waals surface area contributed by atoms with E-state index in [2.05, 4.69) is 20.0 Å². The Morgan fingerprint density at radius 1 is 1.00 bits per heavy atom. The summed E-state index contributed by atoms with van der Waals surface area (Å²) in [4.78, 5) is 21.2. The van der Waals surface area contributed by atoms with Gasteiger partial charge < -0.3 is 5.32 Å². The summed E-state index contributed by atoms with van der Waals surface area (Å²) in [5, 5.41) is 3.67. The second-order valence-electron chi connectivity index (χ2n) is 6.89. The number of halogens is 3. The lowest BCUT2D eigenvalue weighted by Crippen LogP contribution is -2.25. The predicted octanol–water partition coefficient (Wildman–Crippen LogP) is 5.27. The van der Waals surface area contributed by atoms with Crippen LogP contribution < -0.4 is 10.0 Å². The van der Waals surface area contributed by atoms with E-state index in [1.165, 1.54) is 18.5 Å². The lowest BCUT2D eigenvalue weighted by molar-refractivity contribution is 0.0952. The molecule has 1 amide bonds. The monoisotopic (exact) mass is 612 g/mol. The third-order valence-electron chi connectivity index (χ3n) is 4.68. The van der Waals surface area contributed by atoms with E-state index in [9.17, 15) is 13.2 Å². The predicted molar refractivity (Wildman–Crippen MR) is 137 cm³/mol. The topological polar surface area (TPSA) is 101 Å². The van der Waals surface area contributed by atoms with Gasteiger partial charge in [0.1, 0.15) is 10.4 Å². The molecule has 0 bridgehead atoms. The number of sulfonamides is 1. The fourth-order valence-electron chi connectivity index (χ4n) is 3.12. The van der Waals surface area contributed by atoms with Gasteiger partial charge in [-0.05, 0) is 70.6 Å². The van der Waals surface area contributed by atoms with E-state index in [-0.39, 0.29) is 28.2 Å². The van der Waals surface area contributed by atoms with Crippen LogP contribution in [0.25, 0.3) is 11.0 Å². The van der Waals surface area contributed by atoms with Crippen LogP contribution >= 0.6 is 45.8 Å². The van der Waals surface area contributed by atoms with Crippen molar-refractivity contribution < 1.29 is 13.2 Å². The van der Waals surface area contributed by atoms with E-state index in [1.54, 1.807) is 48.5 Å². The summed E-state index contributed by atoms with van der Waals surface area (Å²) in [5.74, 6) is -0.465. The molecule has 0 unspecified atom stereocenters. The van der Waals surface area contributed by atoms with Crippen molar-refractivity contribution in [3.8, 4) is 0 Å². The fourth-order valence-corrected chi connectivity index (χ4v) is 5.32. The van der Waals surface area contributed by atoms with Gasteiger partial charge in [-0.2, -0.15) is 0 Å². The van der Waals surface area contributed by atoms with Crippen LogP contribution in [0, 0.1) is 3.57 Å². The molecular weight excluding hydrogens is 598 g/mol. The zero-order chi connectivity index (χ0) is 23.6. The number of benzene rings is 3. The van der Waals surface area contributed by atoms with Gasteiger partial charge in [-0.1, -0.05) is 35.3 Å². The average molecular weight is 613 g/mol. The highest BCUT2D eigenvalue weighted by Gasteiger charge is 2.22. The van der Waals surface area contributed by atoms with E-state index in [0.717, 1.165) is 3.57 Å². The van der Waals surface area contributed by atoms with E-state index in [1.807, 2.05) is 22.6 Å². The van der Waals surface area contributed by atoms with E-state index in [0.29, 0.717) is 21.1 Å². The van der Waals surface area contributed by atoms with Crippen LogP contribution in [0.2, 0.25) is 10.0 Å². The lowest BCUT2D eigenvalue weighted by Gasteiger charge is -2.14. The lowest BCUT2D eigenvalue weighted by atomic mass is 10.1. The van der Waals surface area contributed by atoms with Crippen LogP contribution in [0.15, 0.2) is 71.9 Å². The molecule has 0 fully saturated rings. The van der Waals surface area contributed by atoms with Crippen molar-refractivity contribution in [1.29, 1.82) is 0 Å². The van der Waals surface area contributed by atoms with Gasteiger partial charge in [-0.3, -0.25) is 19.5 Å². The average Bonchev–Trinajstić information content (AvgIpc) is 2.77. The number of para-hydroxylation sites is 1. The normalized spacial score (nSPS) is 11.4. The minimum Gasteiger partial charge on any atom is -0.348 e. The van der Waals surface area contributed by atoms with Crippen molar-refractivity contribution in [1.82, 2.24) is 15.3 Å². The summed E-state index contributed by atoms with van der Waals surface area (Å²) in [6.07, 6.45) is 2.91. The van der Waals surface area contributed by atoms with Crippen LogP contribution in [0.1, 0.15) is 15.9 Å². The summed E-state index contributed by atoms with van der Waals surface area (Å²) < 4.78 is 29.7. The molecule has 0 atom stereocenters. The Morgan fingerprint density at radius 2 is 1.79 bits per heavy atom. The highest BCUT2D eigenvalue weighted by Crippen LogP contribution is 2.26. The number of rotatable bonds is 6. The molecule has 33 heavy (non-hydrogen) atoms. The molecule has 4 rings (SSSR count). The SMILES string of the molecule is O=C(NCc1ccc(Cl)cc1Cl)c1ccc(I)cc1NS(=O)(=O)c1cccc2nccnc12. The highest BCUT2D eigenvalue weighted by molar-refractivity contribution is 14.1. The van der Waals surface area contributed by atoms with Gasteiger partial charge in [-0.25, -0.2) is 8.42 Å². The minimum atomic E-state index is -4.06. The second-order valence-corrected chi connectivity index (χ2v) is 10.6. The molecule has 0 saturated carbocycles. The molecule has 168 valence electrons. The maximum atomic E-state index is 13.2. The molecule has 0 aliphatic rings. The Bertz CT molecular complexity index is 1480. The third-order valence-corrected chi connectivity index (χ3v) is 7.33. The third kappa shape index (κ3) is 5.37. The molecule has 11 heteroatoms. The number of carbonyl (C=O) groups excluding carboxylic acids is 1. The number of hydrogen-bond donors (Lipinski definition) is 2. The molecule has 0 saturated heterocycles. The zero-order valence-electron chi connectivity index (χ0n) is 16.7. The van der Waals surface area contributed by atoms with Gasteiger partial charge in [0.2, 0.25) is 0 Å². The number of anilines is 1. The van der Waals surface area contributed by atoms with Crippen LogP contribution in [-0.2, 0) is 16.6 Å².